The molecule has 1 atom stereocenters. The summed E-state index contributed by atoms with van der Waals surface area (Å²) in [7, 11) is 0. The first-order valence-corrected chi connectivity index (χ1v) is 6.27. The smallest absolute Gasteiger partial charge is 0.348 e. The Balaban J connectivity index is 2.17. The summed E-state index contributed by atoms with van der Waals surface area (Å²) in [5.41, 5.74) is -0.954. The van der Waals surface area contributed by atoms with E-state index in [1.54, 1.807) is 6.08 Å². The van der Waals surface area contributed by atoms with E-state index in [0.29, 0.717) is 12.8 Å². The quantitative estimate of drug-likeness (QED) is 0.644. The Morgan fingerprint density at radius 3 is 2.56 bits per heavy atom. The molecule has 0 saturated carbocycles. The summed E-state index contributed by atoms with van der Waals surface area (Å²) in [6.07, 6.45) is 11.5. The molecule has 1 aliphatic heterocycles. The van der Waals surface area contributed by atoms with E-state index in [0.717, 1.165) is 12.8 Å². The molecule has 1 unspecified atom stereocenters. The largest absolute Gasteiger partial charge is 0.483 e. The molecule has 1 rings (SSSR count). The Labute approximate surface area is 97.5 Å². The van der Waals surface area contributed by atoms with Gasteiger partial charge in [0.2, 0.25) is 5.60 Å². The lowest BCUT2D eigenvalue weighted by molar-refractivity contribution is -0.158. The van der Waals surface area contributed by atoms with E-state index in [-0.39, 0.29) is 0 Å². The Morgan fingerprint density at radius 2 is 2.00 bits per heavy atom. The van der Waals surface area contributed by atoms with Gasteiger partial charge in [-0.15, -0.1) is 0 Å². The topological polar surface area (TPSA) is 46.5 Å². The molecule has 0 spiro atoms. The highest BCUT2D eigenvalue weighted by Gasteiger charge is 2.40. The third-order valence-corrected chi connectivity index (χ3v) is 3.16. The lowest BCUT2D eigenvalue weighted by Crippen LogP contribution is -2.37. The molecule has 0 aliphatic carbocycles. The number of hydrogen-bond acceptors (Lipinski definition) is 2. The monoisotopic (exact) mass is 226 g/mol. The zero-order valence-electron chi connectivity index (χ0n) is 10.1. The van der Waals surface area contributed by atoms with Gasteiger partial charge in [0.25, 0.3) is 0 Å². The first-order valence-electron chi connectivity index (χ1n) is 6.27. The second-order valence-electron chi connectivity index (χ2n) is 4.51. The number of carbonyl (C=O) groups is 1. The predicted octanol–water partition coefficient (Wildman–Crippen LogP) is 3.49. The van der Waals surface area contributed by atoms with E-state index in [1.165, 1.54) is 31.9 Å². The zero-order valence-corrected chi connectivity index (χ0v) is 10.1. The lowest BCUT2D eigenvalue weighted by Gasteiger charge is -2.23. The summed E-state index contributed by atoms with van der Waals surface area (Å²) in [5, 5.41) is 9.14. The summed E-state index contributed by atoms with van der Waals surface area (Å²) < 4.78 is 5.25. The van der Waals surface area contributed by atoms with Crippen LogP contribution in [0.2, 0.25) is 0 Å². The molecule has 92 valence electrons. The van der Waals surface area contributed by atoms with Gasteiger partial charge in [0.1, 0.15) is 0 Å². The minimum absolute atomic E-state index is 0.511. The fraction of sp³-hybridized carbons (Fsp3) is 0.769. The lowest BCUT2D eigenvalue weighted by atomic mass is 9.93. The molecule has 0 radical (unpaired) electrons. The Hall–Kier alpha value is -0.990. The van der Waals surface area contributed by atoms with Crippen molar-refractivity contribution < 1.29 is 14.6 Å². The van der Waals surface area contributed by atoms with Crippen LogP contribution in [0.15, 0.2) is 12.3 Å². The van der Waals surface area contributed by atoms with Gasteiger partial charge in [-0.05, 0) is 18.9 Å². The van der Waals surface area contributed by atoms with Crippen LogP contribution >= 0.6 is 0 Å². The Kier molecular flexibility index (Phi) is 5.36. The fourth-order valence-electron chi connectivity index (χ4n) is 2.06. The maximum Gasteiger partial charge on any atom is 0.348 e. The van der Waals surface area contributed by atoms with Crippen LogP contribution in [-0.4, -0.2) is 16.7 Å². The van der Waals surface area contributed by atoms with E-state index in [9.17, 15) is 4.79 Å². The van der Waals surface area contributed by atoms with Gasteiger partial charge in [-0.1, -0.05) is 39.0 Å². The molecular weight excluding hydrogens is 204 g/mol. The number of carboxylic acids is 1. The minimum atomic E-state index is -0.954. The van der Waals surface area contributed by atoms with Gasteiger partial charge in [-0.3, -0.25) is 0 Å². The predicted molar refractivity (Wildman–Crippen MR) is 63.2 cm³/mol. The number of rotatable bonds is 8. The van der Waals surface area contributed by atoms with Crippen molar-refractivity contribution in [1.82, 2.24) is 0 Å². The molecule has 0 amide bonds. The van der Waals surface area contributed by atoms with Gasteiger partial charge < -0.3 is 9.84 Å². The molecule has 0 aromatic carbocycles. The maximum absolute atomic E-state index is 11.1. The number of unbranched alkanes of at least 4 members (excludes halogenated alkanes) is 5. The molecule has 0 aromatic rings. The van der Waals surface area contributed by atoms with Gasteiger partial charge in [-0.2, -0.15) is 0 Å². The van der Waals surface area contributed by atoms with Gasteiger partial charge in [0, 0.05) is 6.42 Å². The third kappa shape index (κ3) is 3.54. The molecule has 3 heteroatoms. The molecule has 0 saturated heterocycles. The molecule has 1 N–H and O–H groups in total. The average molecular weight is 226 g/mol. The van der Waals surface area contributed by atoms with Crippen molar-refractivity contribution in [3.63, 3.8) is 0 Å². The normalized spacial score (nSPS) is 23.3. The van der Waals surface area contributed by atoms with Crippen molar-refractivity contribution >= 4 is 5.97 Å². The van der Waals surface area contributed by atoms with Crippen LogP contribution in [0.5, 0.6) is 0 Å². The average Bonchev–Trinajstić information content (AvgIpc) is 2.73. The van der Waals surface area contributed by atoms with Crippen molar-refractivity contribution in [3.8, 4) is 0 Å². The second kappa shape index (κ2) is 6.56. The van der Waals surface area contributed by atoms with Gasteiger partial charge in [-0.25, -0.2) is 4.79 Å². The Bertz CT molecular complexity index is 238. The van der Waals surface area contributed by atoms with Crippen LogP contribution in [0.3, 0.4) is 0 Å². The highest BCUT2D eigenvalue weighted by atomic mass is 16.5. The molecule has 0 bridgehead atoms. The molecular formula is C13H22O3. The van der Waals surface area contributed by atoms with Crippen molar-refractivity contribution in [1.29, 1.82) is 0 Å². The van der Waals surface area contributed by atoms with Crippen LogP contribution in [0.4, 0.5) is 0 Å². The maximum atomic E-state index is 11.1. The molecule has 0 fully saturated rings. The first kappa shape index (κ1) is 13.1. The van der Waals surface area contributed by atoms with E-state index in [1.807, 2.05) is 0 Å². The number of aliphatic carboxylic acids is 1. The first-order chi connectivity index (χ1) is 7.71. The van der Waals surface area contributed by atoms with Crippen molar-refractivity contribution in [2.75, 3.05) is 0 Å². The van der Waals surface area contributed by atoms with E-state index in [4.69, 9.17) is 9.84 Å². The van der Waals surface area contributed by atoms with Crippen LogP contribution in [0.1, 0.15) is 58.3 Å². The molecule has 16 heavy (non-hydrogen) atoms. The standard InChI is InChI=1S/C13H22O3/c1-2-3-4-5-6-7-9-13(12(14)15)10-8-11-16-13/h8,11H,2-7,9-10H2,1H3,(H,14,15). The van der Waals surface area contributed by atoms with E-state index in [2.05, 4.69) is 6.92 Å². The van der Waals surface area contributed by atoms with E-state index < -0.39 is 11.6 Å². The zero-order chi connectivity index (χ0) is 11.9. The fourth-order valence-corrected chi connectivity index (χ4v) is 2.06. The molecule has 0 aromatic heterocycles. The van der Waals surface area contributed by atoms with Crippen LogP contribution in [0.25, 0.3) is 0 Å². The highest BCUT2D eigenvalue weighted by molar-refractivity contribution is 5.78. The highest BCUT2D eigenvalue weighted by Crippen LogP contribution is 2.29. The number of hydrogen-bond donors (Lipinski definition) is 1. The van der Waals surface area contributed by atoms with E-state index >= 15 is 0 Å². The molecule has 1 heterocycles. The van der Waals surface area contributed by atoms with Crippen molar-refractivity contribution in [2.24, 2.45) is 0 Å². The Morgan fingerprint density at radius 1 is 1.31 bits per heavy atom. The molecule has 1 aliphatic rings. The minimum Gasteiger partial charge on any atom is -0.483 e. The third-order valence-electron chi connectivity index (χ3n) is 3.16. The summed E-state index contributed by atoms with van der Waals surface area (Å²) in [4.78, 5) is 11.1. The van der Waals surface area contributed by atoms with Crippen LogP contribution in [0, 0.1) is 0 Å². The SMILES string of the molecule is CCCCCCCCC1(C(=O)O)CC=CO1. The number of ether oxygens (including phenoxy) is 1. The van der Waals surface area contributed by atoms with Crippen LogP contribution < -0.4 is 0 Å². The summed E-state index contributed by atoms with van der Waals surface area (Å²) in [5.74, 6) is -0.828. The number of carboxylic acid groups (broad SMARTS) is 1. The van der Waals surface area contributed by atoms with Gasteiger partial charge in [0.05, 0.1) is 6.26 Å². The summed E-state index contributed by atoms with van der Waals surface area (Å²) >= 11 is 0. The van der Waals surface area contributed by atoms with Gasteiger partial charge in [0.15, 0.2) is 0 Å². The summed E-state index contributed by atoms with van der Waals surface area (Å²) in [6.45, 7) is 2.19. The van der Waals surface area contributed by atoms with Gasteiger partial charge >= 0.3 is 5.97 Å². The molecule has 3 nitrogen and oxygen atoms in total. The van der Waals surface area contributed by atoms with Crippen LogP contribution in [-0.2, 0) is 9.53 Å². The summed E-state index contributed by atoms with van der Waals surface area (Å²) in [6, 6.07) is 0. The second-order valence-corrected chi connectivity index (χ2v) is 4.51. The van der Waals surface area contributed by atoms with Crippen molar-refractivity contribution in [3.05, 3.63) is 12.3 Å². The van der Waals surface area contributed by atoms with Crippen molar-refractivity contribution in [2.45, 2.75) is 63.9 Å².